The van der Waals surface area contributed by atoms with Crippen LogP contribution in [0.1, 0.15) is 38.7 Å². The van der Waals surface area contributed by atoms with Gasteiger partial charge in [-0.05, 0) is 30.9 Å². The predicted molar refractivity (Wildman–Crippen MR) is 80.4 cm³/mol. The number of hydrogen-bond donors (Lipinski definition) is 1. The lowest BCUT2D eigenvalue weighted by molar-refractivity contribution is -0.135. The van der Waals surface area contributed by atoms with E-state index in [1.165, 1.54) is 0 Å². The molecule has 0 bridgehead atoms. The molecule has 4 nitrogen and oxygen atoms in total. The number of carbonyl (C=O) groups is 1. The van der Waals surface area contributed by atoms with Crippen molar-refractivity contribution in [1.29, 1.82) is 0 Å². The molecule has 1 fully saturated rings. The Hall–Kier alpha value is -1.42. The lowest BCUT2D eigenvalue weighted by Crippen LogP contribution is -2.57. The molecular weight excluding hydrogens is 250 g/mol. The molecule has 2 rings (SSSR count). The Bertz CT molecular complexity index is 421. The molecule has 0 aromatic carbocycles. The first-order chi connectivity index (χ1) is 9.74. The number of rotatable bonds is 5. The van der Waals surface area contributed by atoms with Crippen molar-refractivity contribution in [2.75, 3.05) is 13.1 Å². The van der Waals surface area contributed by atoms with Gasteiger partial charge in [0.15, 0.2) is 0 Å². The Morgan fingerprint density at radius 2 is 2.30 bits per heavy atom. The average molecular weight is 275 g/mol. The number of aryl methyl sites for hydroxylation is 1. The normalized spacial score (nSPS) is 22.8. The van der Waals surface area contributed by atoms with Crippen LogP contribution in [0.5, 0.6) is 0 Å². The third-order valence-corrected chi connectivity index (χ3v) is 4.13. The number of aromatic nitrogens is 1. The fourth-order valence-electron chi connectivity index (χ4n) is 2.75. The minimum Gasteiger partial charge on any atom is -0.337 e. The van der Waals surface area contributed by atoms with Gasteiger partial charge in [0.1, 0.15) is 0 Å². The molecular formula is C16H25N3O. The van der Waals surface area contributed by atoms with E-state index in [0.29, 0.717) is 18.5 Å². The van der Waals surface area contributed by atoms with Crippen molar-refractivity contribution in [3.8, 4) is 0 Å². The quantitative estimate of drug-likeness (QED) is 0.894. The number of amides is 1. The van der Waals surface area contributed by atoms with E-state index in [4.69, 9.17) is 0 Å². The van der Waals surface area contributed by atoms with Gasteiger partial charge < -0.3 is 10.2 Å². The summed E-state index contributed by atoms with van der Waals surface area (Å²) in [5.41, 5.74) is 1.14. The maximum absolute atomic E-state index is 12.5. The maximum Gasteiger partial charge on any atom is 0.223 e. The van der Waals surface area contributed by atoms with Gasteiger partial charge in [-0.3, -0.25) is 9.78 Å². The zero-order valence-corrected chi connectivity index (χ0v) is 12.5. The van der Waals surface area contributed by atoms with Gasteiger partial charge in [0.25, 0.3) is 0 Å². The smallest absolute Gasteiger partial charge is 0.223 e. The summed E-state index contributed by atoms with van der Waals surface area (Å²) in [5.74, 6) is 0.278. The van der Waals surface area contributed by atoms with Crippen molar-refractivity contribution in [2.45, 2.75) is 51.6 Å². The summed E-state index contributed by atoms with van der Waals surface area (Å²) >= 11 is 0. The fourth-order valence-corrected chi connectivity index (χ4v) is 2.75. The summed E-state index contributed by atoms with van der Waals surface area (Å²) in [6, 6.07) is 4.75. The number of pyridine rings is 1. The predicted octanol–water partition coefficient (Wildman–Crippen LogP) is 2.00. The summed E-state index contributed by atoms with van der Waals surface area (Å²) in [4.78, 5) is 18.7. The largest absolute Gasteiger partial charge is 0.337 e. The second-order valence-electron chi connectivity index (χ2n) is 5.48. The van der Waals surface area contributed by atoms with Gasteiger partial charge in [-0.1, -0.05) is 19.9 Å². The molecule has 0 spiro atoms. The Labute approximate surface area is 121 Å². The van der Waals surface area contributed by atoms with E-state index in [-0.39, 0.29) is 5.91 Å². The highest BCUT2D eigenvalue weighted by Crippen LogP contribution is 2.14. The van der Waals surface area contributed by atoms with Gasteiger partial charge in [0.05, 0.1) is 0 Å². The molecule has 1 aromatic heterocycles. The molecule has 110 valence electrons. The highest BCUT2D eigenvalue weighted by Gasteiger charge is 2.28. The van der Waals surface area contributed by atoms with Crippen LogP contribution in [0.4, 0.5) is 0 Å². The van der Waals surface area contributed by atoms with Gasteiger partial charge in [-0.25, -0.2) is 0 Å². The average Bonchev–Trinajstić information content (AvgIpc) is 2.52. The third-order valence-electron chi connectivity index (χ3n) is 4.13. The third kappa shape index (κ3) is 3.79. The van der Waals surface area contributed by atoms with Crippen molar-refractivity contribution in [3.63, 3.8) is 0 Å². The van der Waals surface area contributed by atoms with Crippen molar-refractivity contribution >= 4 is 5.91 Å². The monoisotopic (exact) mass is 275 g/mol. The molecule has 1 aliphatic rings. The highest BCUT2D eigenvalue weighted by molar-refractivity contribution is 5.77. The summed E-state index contributed by atoms with van der Waals surface area (Å²) < 4.78 is 0. The Balaban J connectivity index is 1.91. The second-order valence-corrected chi connectivity index (χ2v) is 5.48. The number of piperazine rings is 1. The van der Waals surface area contributed by atoms with E-state index in [2.05, 4.69) is 29.0 Å². The van der Waals surface area contributed by atoms with Crippen molar-refractivity contribution in [2.24, 2.45) is 0 Å². The molecule has 1 aliphatic heterocycles. The molecule has 0 saturated carbocycles. The number of carbonyl (C=O) groups excluding carboxylic acids is 1. The molecule has 1 amide bonds. The molecule has 0 aliphatic carbocycles. The van der Waals surface area contributed by atoms with Crippen LogP contribution in [0.3, 0.4) is 0 Å². The lowest BCUT2D eigenvalue weighted by Gasteiger charge is -2.40. The van der Waals surface area contributed by atoms with Crippen molar-refractivity contribution in [3.05, 3.63) is 30.1 Å². The summed E-state index contributed by atoms with van der Waals surface area (Å²) in [5, 5.41) is 3.52. The summed E-state index contributed by atoms with van der Waals surface area (Å²) in [7, 11) is 0. The first-order valence-electron chi connectivity index (χ1n) is 7.66. The molecule has 2 heterocycles. The molecule has 1 aromatic rings. The van der Waals surface area contributed by atoms with Gasteiger partial charge in [-0.2, -0.15) is 0 Å². The minimum atomic E-state index is 0.278. The SMILES string of the molecule is CCC1CN(C(=O)CCc2cccnc2)C(CC)CN1. The van der Waals surface area contributed by atoms with E-state index >= 15 is 0 Å². The molecule has 0 radical (unpaired) electrons. The van der Waals surface area contributed by atoms with E-state index < -0.39 is 0 Å². The van der Waals surface area contributed by atoms with Gasteiger partial charge in [0.2, 0.25) is 5.91 Å². The zero-order valence-electron chi connectivity index (χ0n) is 12.5. The van der Waals surface area contributed by atoms with Crippen LogP contribution in [0.2, 0.25) is 0 Å². The maximum atomic E-state index is 12.5. The van der Waals surface area contributed by atoms with Gasteiger partial charge in [-0.15, -0.1) is 0 Å². The first kappa shape index (κ1) is 15.0. The number of hydrogen-bond acceptors (Lipinski definition) is 3. The van der Waals surface area contributed by atoms with E-state index in [0.717, 1.165) is 37.9 Å². The van der Waals surface area contributed by atoms with Crippen LogP contribution in [-0.4, -0.2) is 41.0 Å². The van der Waals surface area contributed by atoms with E-state index in [1.54, 1.807) is 6.20 Å². The molecule has 1 saturated heterocycles. The molecule has 4 heteroatoms. The van der Waals surface area contributed by atoms with Crippen LogP contribution in [0.25, 0.3) is 0 Å². The molecule has 2 atom stereocenters. The number of nitrogens with one attached hydrogen (secondary N) is 1. The first-order valence-corrected chi connectivity index (χ1v) is 7.66. The minimum absolute atomic E-state index is 0.278. The van der Waals surface area contributed by atoms with Crippen LogP contribution >= 0.6 is 0 Å². The van der Waals surface area contributed by atoms with E-state index in [1.807, 2.05) is 18.3 Å². The summed E-state index contributed by atoms with van der Waals surface area (Å²) in [6.45, 7) is 6.09. The topological polar surface area (TPSA) is 45.2 Å². The molecule has 1 N–H and O–H groups in total. The Morgan fingerprint density at radius 1 is 1.45 bits per heavy atom. The van der Waals surface area contributed by atoms with Crippen LogP contribution in [0.15, 0.2) is 24.5 Å². The molecule has 2 unspecified atom stereocenters. The lowest BCUT2D eigenvalue weighted by atomic mass is 10.0. The fraction of sp³-hybridized carbons (Fsp3) is 0.625. The van der Waals surface area contributed by atoms with Gasteiger partial charge in [0, 0.05) is 44.0 Å². The van der Waals surface area contributed by atoms with Crippen LogP contribution < -0.4 is 5.32 Å². The standard InChI is InChI=1S/C16H25N3O/c1-3-14-12-19(15(4-2)11-18-14)16(20)8-7-13-6-5-9-17-10-13/h5-6,9-10,14-15,18H,3-4,7-8,11-12H2,1-2H3. The van der Waals surface area contributed by atoms with Crippen LogP contribution in [0, 0.1) is 0 Å². The summed E-state index contributed by atoms with van der Waals surface area (Å²) in [6.07, 6.45) is 7.06. The van der Waals surface area contributed by atoms with E-state index in [9.17, 15) is 4.79 Å². The van der Waals surface area contributed by atoms with Gasteiger partial charge >= 0.3 is 0 Å². The Morgan fingerprint density at radius 3 is 2.95 bits per heavy atom. The highest BCUT2D eigenvalue weighted by atomic mass is 16.2. The molecule has 20 heavy (non-hydrogen) atoms. The Kier molecular flexibility index (Phi) is 5.53. The number of nitrogens with zero attached hydrogens (tertiary/aromatic N) is 2. The van der Waals surface area contributed by atoms with Crippen LogP contribution in [-0.2, 0) is 11.2 Å². The van der Waals surface area contributed by atoms with Crippen molar-refractivity contribution in [1.82, 2.24) is 15.2 Å². The zero-order chi connectivity index (χ0) is 14.4. The van der Waals surface area contributed by atoms with Crippen molar-refractivity contribution < 1.29 is 4.79 Å². The second kappa shape index (κ2) is 7.39.